The summed E-state index contributed by atoms with van der Waals surface area (Å²) in [6, 6.07) is 1.99. The van der Waals surface area contributed by atoms with E-state index >= 15 is 0 Å². The van der Waals surface area contributed by atoms with Crippen molar-refractivity contribution in [1.82, 2.24) is 0 Å². The summed E-state index contributed by atoms with van der Waals surface area (Å²) < 4.78 is 0. The number of halogens is 1. The number of nitrogens with zero attached hydrogens (tertiary/aromatic N) is 1. The lowest BCUT2D eigenvalue weighted by Crippen LogP contribution is -2.02. The summed E-state index contributed by atoms with van der Waals surface area (Å²) >= 11 is 6.69. The van der Waals surface area contributed by atoms with Crippen molar-refractivity contribution < 1.29 is 4.79 Å². The van der Waals surface area contributed by atoms with Crippen molar-refractivity contribution in [3.8, 4) is 6.07 Å². The van der Waals surface area contributed by atoms with Crippen LogP contribution in [0.1, 0.15) is 6.42 Å². The molecule has 0 rings (SSSR count). The molecule has 0 heterocycles. The molecule has 0 bridgehead atoms. The van der Waals surface area contributed by atoms with Gasteiger partial charge < -0.3 is 0 Å². The van der Waals surface area contributed by atoms with Crippen LogP contribution in [-0.4, -0.2) is 23.2 Å². The zero-order valence-corrected chi connectivity index (χ0v) is 7.04. The zero-order valence-electron chi connectivity index (χ0n) is 5.47. The Hall–Kier alpha value is -0.200. The van der Waals surface area contributed by atoms with Gasteiger partial charge in [-0.1, -0.05) is 0 Å². The van der Waals surface area contributed by atoms with Crippen LogP contribution >= 0.6 is 23.4 Å². The smallest absolute Gasteiger partial charge is 0.157 e. The molecule has 0 aliphatic rings. The Bertz CT molecular complexity index is 143. The molecule has 0 aromatic carbocycles. The Balaban J connectivity index is 3.05. The Labute approximate surface area is 69.5 Å². The molecule has 4 heteroatoms. The molecule has 56 valence electrons. The maximum Gasteiger partial charge on any atom is 0.157 e. The van der Waals surface area contributed by atoms with E-state index in [0.717, 1.165) is 5.75 Å². The van der Waals surface area contributed by atoms with Gasteiger partial charge in [0, 0.05) is 12.2 Å². The van der Waals surface area contributed by atoms with E-state index in [0.29, 0.717) is 12.2 Å². The number of Topliss-reactive ketones (excluding diaryl/α,β-unsaturated/α-hetero) is 1. The van der Waals surface area contributed by atoms with Crippen LogP contribution in [0.4, 0.5) is 0 Å². The Morgan fingerprint density at radius 3 is 2.90 bits per heavy atom. The molecular weight excluding hydrogens is 170 g/mol. The first kappa shape index (κ1) is 9.80. The standard InChI is InChI=1S/C6H8ClNOS/c7-4-6(9)5-10-3-1-2-8/h1,3-5H2. The van der Waals surface area contributed by atoms with Gasteiger partial charge in [-0.25, -0.2) is 0 Å². The van der Waals surface area contributed by atoms with Crippen LogP contribution in [0.25, 0.3) is 0 Å². The van der Waals surface area contributed by atoms with E-state index in [1.807, 2.05) is 6.07 Å². The lowest BCUT2D eigenvalue weighted by atomic mass is 10.5. The molecule has 0 saturated carbocycles. The summed E-state index contributed by atoms with van der Waals surface area (Å²) in [4.78, 5) is 10.5. The average Bonchev–Trinajstić information content (AvgIpc) is 1.98. The topological polar surface area (TPSA) is 40.9 Å². The van der Waals surface area contributed by atoms with E-state index in [1.54, 1.807) is 0 Å². The fourth-order valence-electron chi connectivity index (χ4n) is 0.342. The van der Waals surface area contributed by atoms with Crippen LogP contribution < -0.4 is 0 Å². The summed E-state index contributed by atoms with van der Waals surface area (Å²) in [5.74, 6) is 1.27. The van der Waals surface area contributed by atoms with Gasteiger partial charge in [-0.2, -0.15) is 17.0 Å². The molecule has 0 amide bonds. The zero-order chi connectivity index (χ0) is 7.82. The fraction of sp³-hybridized carbons (Fsp3) is 0.667. The maximum atomic E-state index is 10.5. The summed E-state index contributed by atoms with van der Waals surface area (Å²) in [6.07, 6.45) is 0.500. The van der Waals surface area contributed by atoms with Gasteiger partial charge in [-0.15, -0.1) is 11.6 Å². The molecule has 0 aliphatic carbocycles. The third-order valence-electron chi connectivity index (χ3n) is 0.770. The number of nitriles is 1. The second kappa shape index (κ2) is 6.91. The number of hydrogen-bond donors (Lipinski definition) is 0. The largest absolute Gasteiger partial charge is 0.297 e. The van der Waals surface area contributed by atoms with Crippen molar-refractivity contribution in [2.24, 2.45) is 0 Å². The quantitative estimate of drug-likeness (QED) is 0.472. The molecule has 0 unspecified atom stereocenters. The van der Waals surface area contributed by atoms with Gasteiger partial charge in [0.2, 0.25) is 0 Å². The lowest BCUT2D eigenvalue weighted by molar-refractivity contribution is -0.114. The highest BCUT2D eigenvalue weighted by Gasteiger charge is 1.97. The number of carbonyl (C=O) groups excluding carboxylic acids is 1. The molecule has 0 spiro atoms. The van der Waals surface area contributed by atoms with Crippen LogP contribution in [0.5, 0.6) is 0 Å². The fourth-order valence-corrected chi connectivity index (χ4v) is 1.26. The van der Waals surface area contributed by atoms with E-state index in [9.17, 15) is 4.79 Å². The molecule has 2 nitrogen and oxygen atoms in total. The highest BCUT2D eigenvalue weighted by Crippen LogP contribution is 2.01. The Kier molecular flexibility index (Phi) is 6.78. The average molecular weight is 178 g/mol. The molecule has 0 radical (unpaired) electrons. The van der Waals surface area contributed by atoms with E-state index in [2.05, 4.69) is 0 Å². The second-order valence-electron chi connectivity index (χ2n) is 1.63. The van der Waals surface area contributed by atoms with Crippen LogP contribution in [0.2, 0.25) is 0 Å². The lowest BCUT2D eigenvalue weighted by Gasteiger charge is -1.92. The predicted molar refractivity (Wildman–Crippen MR) is 43.3 cm³/mol. The van der Waals surface area contributed by atoms with Crippen molar-refractivity contribution in [1.29, 1.82) is 5.26 Å². The summed E-state index contributed by atoms with van der Waals surface area (Å²) in [5, 5.41) is 8.11. The van der Waals surface area contributed by atoms with Gasteiger partial charge in [0.05, 0.1) is 17.7 Å². The van der Waals surface area contributed by atoms with Gasteiger partial charge >= 0.3 is 0 Å². The molecule has 0 atom stereocenters. The predicted octanol–water partition coefficient (Wildman–Crippen LogP) is 1.44. The van der Waals surface area contributed by atoms with Gasteiger partial charge in [-0.05, 0) is 0 Å². The molecule has 10 heavy (non-hydrogen) atoms. The van der Waals surface area contributed by atoms with Crippen molar-refractivity contribution in [2.45, 2.75) is 6.42 Å². The second-order valence-corrected chi connectivity index (χ2v) is 3.01. The molecule has 0 aliphatic heterocycles. The van der Waals surface area contributed by atoms with Gasteiger partial charge in [0.25, 0.3) is 0 Å². The number of thioether (sulfide) groups is 1. The van der Waals surface area contributed by atoms with Crippen molar-refractivity contribution in [3.63, 3.8) is 0 Å². The molecule has 0 saturated heterocycles. The molecule has 0 aromatic rings. The minimum atomic E-state index is 0.0320. The SMILES string of the molecule is N#CCCSCC(=O)CCl. The highest BCUT2D eigenvalue weighted by atomic mass is 35.5. The third-order valence-corrected chi connectivity index (χ3v) is 2.09. The van der Waals surface area contributed by atoms with E-state index in [-0.39, 0.29) is 11.7 Å². The van der Waals surface area contributed by atoms with Crippen LogP contribution in [0, 0.1) is 11.3 Å². The Morgan fingerprint density at radius 1 is 1.70 bits per heavy atom. The molecular formula is C6H8ClNOS. The third kappa shape index (κ3) is 5.93. The number of rotatable bonds is 5. The first-order valence-electron chi connectivity index (χ1n) is 2.83. The number of carbonyl (C=O) groups is 1. The van der Waals surface area contributed by atoms with Gasteiger partial charge in [0.1, 0.15) is 0 Å². The summed E-state index contributed by atoms with van der Waals surface area (Å²) in [6.45, 7) is 0. The highest BCUT2D eigenvalue weighted by molar-refractivity contribution is 7.99. The normalized spacial score (nSPS) is 8.80. The van der Waals surface area contributed by atoms with E-state index in [4.69, 9.17) is 16.9 Å². The number of alkyl halides is 1. The minimum absolute atomic E-state index is 0.0320. The summed E-state index contributed by atoms with van der Waals surface area (Å²) in [7, 11) is 0. The van der Waals surface area contributed by atoms with Crippen LogP contribution in [-0.2, 0) is 4.79 Å². The number of ketones is 1. The summed E-state index contributed by atoms with van der Waals surface area (Å²) in [5.41, 5.74) is 0. The first-order valence-corrected chi connectivity index (χ1v) is 4.52. The molecule has 0 fully saturated rings. The minimum Gasteiger partial charge on any atom is -0.297 e. The molecule has 0 N–H and O–H groups in total. The van der Waals surface area contributed by atoms with Gasteiger partial charge in [-0.3, -0.25) is 4.79 Å². The first-order chi connectivity index (χ1) is 4.81. The van der Waals surface area contributed by atoms with E-state index in [1.165, 1.54) is 11.8 Å². The van der Waals surface area contributed by atoms with Gasteiger partial charge in [0.15, 0.2) is 5.78 Å². The monoisotopic (exact) mass is 177 g/mol. The van der Waals surface area contributed by atoms with Crippen LogP contribution in [0.3, 0.4) is 0 Å². The molecule has 0 aromatic heterocycles. The Morgan fingerprint density at radius 2 is 2.40 bits per heavy atom. The van der Waals surface area contributed by atoms with Crippen molar-refractivity contribution >= 4 is 29.1 Å². The van der Waals surface area contributed by atoms with E-state index < -0.39 is 0 Å². The van der Waals surface area contributed by atoms with Crippen molar-refractivity contribution in [3.05, 3.63) is 0 Å². The van der Waals surface area contributed by atoms with Crippen molar-refractivity contribution in [2.75, 3.05) is 17.4 Å². The maximum absolute atomic E-state index is 10.5. The number of hydrogen-bond acceptors (Lipinski definition) is 3. The van der Waals surface area contributed by atoms with Crippen LogP contribution in [0.15, 0.2) is 0 Å².